The van der Waals surface area contributed by atoms with Gasteiger partial charge in [-0.3, -0.25) is 0 Å². The molecular formula is C12H13ClO4. The predicted octanol–water partition coefficient (Wildman–Crippen LogP) is 2.39. The average Bonchev–Trinajstić information content (AvgIpc) is 2.23. The summed E-state index contributed by atoms with van der Waals surface area (Å²) >= 11 is 5.79. The number of aliphatic hydroxyl groups excluding tert-OH is 1. The lowest BCUT2D eigenvalue weighted by molar-refractivity contribution is -0.147. The van der Waals surface area contributed by atoms with Gasteiger partial charge in [-0.25, -0.2) is 4.79 Å². The van der Waals surface area contributed by atoms with Gasteiger partial charge >= 0.3 is 5.97 Å². The van der Waals surface area contributed by atoms with Gasteiger partial charge < -0.3 is 14.9 Å². The molecule has 0 heterocycles. The number of hydrogen-bond acceptors (Lipinski definition) is 3. The maximum atomic E-state index is 10.8. The second kappa shape index (κ2) is 4.94. The highest BCUT2D eigenvalue weighted by Gasteiger charge is 2.25. The first kappa shape index (κ1) is 12.2. The molecule has 0 spiro atoms. The molecule has 0 radical (unpaired) electrons. The lowest BCUT2D eigenvalue weighted by Gasteiger charge is -2.27. The lowest BCUT2D eigenvalue weighted by atomic mass is 9.96. The number of hydrogen-bond donors (Lipinski definition) is 2. The molecule has 92 valence electrons. The number of carboxylic acid groups (broad SMARTS) is 1. The molecule has 0 amide bonds. The van der Waals surface area contributed by atoms with Crippen LogP contribution in [0.25, 0.3) is 0 Å². The smallest absolute Gasteiger partial charge is 0.337 e. The van der Waals surface area contributed by atoms with Crippen molar-refractivity contribution in [2.45, 2.75) is 31.5 Å². The van der Waals surface area contributed by atoms with Gasteiger partial charge in [0.25, 0.3) is 0 Å². The van der Waals surface area contributed by atoms with Crippen molar-refractivity contribution in [1.82, 2.24) is 0 Å². The molecule has 17 heavy (non-hydrogen) atoms. The van der Waals surface area contributed by atoms with E-state index in [1.165, 1.54) is 6.07 Å². The summed E-state index contributed by atoms with van der Waals surface area (Å²) in [7, 11) is 0. The Bertz CT molecular complexity index is 429. The highest BCUT2D eigenvalue weighted by atomic mass is 35.5. The number of benzene rings is 1. The van der Waals surface area contributed by atoms with Crippen molar-refractivity contribution in [2.75, 3.05) is 0 Å². The zero-order valence-corrected chi connectivity index (χ0v) is 9.85. The Morgan fingerprint density at radius 1 is 1.47 bits per heavy atom. The van der Waals surface area contributed by atoms with E-state index < -0.39 is 12.1 Å². The third-order valence-corrected chi connectivity index (χ3v) is 3.08. The Labute approximate surface area is 104 Å². The van der Waals surface area contributed by atoms with Crippen LogP contribution in [0.1, 0.15) is 30.9 Å². The summed E-state index contributed by atoms with van der Waals surface area (Å²) in [5.41, 5.74) is 0.205. The molecule has 1 atom stereocenters. The number of ether oxygens (including phenoxy) is 1. The minimum Gasteiger partial charge on any atom is -0.490 e. The van der Waals surface area contributed by atoms with Crippen LogP contribution in [-0.2, 0) is 4.79 Å². The number of carboxylic acids is 1. The van der Waals surface area contributed by atoms with Gasteiger partial charge in [-0.1, -0.05) is 11.6 Å². The zero-order chi connectivity index (χ0) is 12.4. The van der Waals surface area contributed by atoms with Crippen molar-refractivity contribution >= 4 is 17.6 Å². The van der Waals surface area contributed by atoms with E-state index in [0.717, 1.165) is 19.3 Å². The van der Waals surface area contributed by atoms with E-state index in [1.807, 2.05) is 0 Å². The second-order valence-corrected chi connectivity index (χ2v) is 4.53. The molecule has 0 saturated heterocycles. The number of aliphatic carboxylic acids is 1. The molecule has 0 aromatic heterocycles. The van der Waals surface area contributed by atoms with E-state index in [1.54, 1.807) is 12.1 Å². The van der Waals surface area contributed by atoms with Crippen LogP contribution in [0.3, 0.4) is 0 Å². The molecule has 2 N–H and O–H groups in total. The van der Waals surface area contributed by atoms with Crippen LogP contribution >= 0.6 is 11.6 Å². The Kier molecular flexibility index (Phi) is 3.54. The second-order valence-electron chi connectivity index (χ2n) is 4.09. The van der Waals surface area contributed by atoms with Crippen molar-refractivity contribution in [3.8, 4) is 5.75 Å². The standard InChI is InChI=1S/C12H13ClO4/c13-7-4-5-10(17-8-2-1-3-8)9(6-7)11(14)12(15)16/h4-6,8,11,14H,1-3H2,(H,15,16). The van der Waals surface area contributed by atoms with E-state index in [4.69, 9.17) is 21.4 Å². The lowest BCUT2D eigenvalue weighted by Crippen LogP contribution is -2.25. The Balaban J connectivity index is 2.26. The molecule has 2 rings (SSSR count). The van der Waals surface area contributed by atoms with E-state index >= 15 is 0 Å². The first-order valence-corrected chi connectivity index (χ1v) is 5.82. The molecule has 1 aliphatic rings. The fourth-order valence-electron chi connectivity index (χ4n) is 1.64. The molecule has 1 fully saturated rings. The van der Waals surface area contributed by atoms with Crippen LogP contribution in [0.5, 0.6) is 5.75 Å². The summed E-state index contributed by atoms with van der Waals surface area (Å²) in [6.07, 6.45) is 1.56. The minimum atomic E-state index is -1.61. The molecule has 5 heteroatoms. The van der Waals surface area contributed by atoms with Crippen LogP contribution in [0.4, 0.5) is 0 Å². The van der Waals surface area contributed by atoms with Crippen LogP contribution in [0.2, 0.25) is 5.02 Å². The highest BCUT2D eigenvalue weighted by Crippen LogP contribution is 2.32. The van der Waals surface area contributed by atoms with Gasteiger partial charge in [0.1, 0.15) is 5.75 Å². The summed E-state index contributed by atoms with van der Waals surface area (Å²) < 4.78 is 5.63. The molecule has 4 nitrogen and oxygen atoms in total. The van der Waals surface area contributed by atoms with Crippen molar-refractivity contribution < 1.29 is 19.7 Å². The minimum absolute atomic E-state index is 0.121. The molecular weight excluding hydrogens is 244 g/mol. The van der Waals surface area contributed by atoms with E-state index in [2.05, 4.69) is 0 Å². The number of halogens is 1. The number of carbonyl (C=O) groups is 1. The molecule has 1 aliphatic carbocycles. The third kappa shape index (κ3) is 2.70. The Morgan fingerprint density at radius 3 is 2.71 bits per heavy atom. The van der Waals surface area contributed by atoms with Gasteiger partial charge in [0.15, 0.2) is 6.10 Å². The van der Waals surface area contributed by atoms with Gasteiger partial charge in [-0.2, -0.15) is 0 Å². The van der Waals surface area contributed by atoms with Gasteiger partial charge in [-0.05, 0) is 37.5 Å². The van der Waals surface area contributed by atoms with Crippen LogP contribution < -0.4 is 4.74 Å². The zero-order valence-electron chi connectivity index (χ0n) is 9.10. The Morgan fingerprint density at radius 2 is 2.18 bits per heavy atom. The van der Waals surface area contributed by atoms with Crippen LogP contribution in [-0.4, -0.2) is 22.3 Å². The molecule has 1 unspecified atom stereocenters. The quantitative estimate of drug-likeness (QED) is 0.868. The Hall–Kier alpha value is -1.26. The number of rotatable bonds is 4. The predicted molar refractivity (Wildman–Crippen MR) is 62.3 cm³/mol. The van der Waals surface area contributed by atoms with Crippen molar-refractivity contribution in [2.24, 2.45) is 0 Å². The van der Waals surface area contributed by atoms with E-state index in [0.29, 0.717) is 10.8 Å². The summed E-state index contributed by atoms with van der Waals surface area (Å²) in [6, 6.07) is 4.64. The molecule has 1 saturated carbocycles. The van der Waals surface area contributed by atoms with E-state index in [-0.39, 0.29) is 11.7 Å². The normalized spacial score (nSPS) is 17.3. The summed E-state index contributed by atoms with van der Waals surface area (Å²) in [6.45, 7) is 0. The monoisotopic (exact) mass is 256 g/mol. The summed E-state index contributed by atoms with van der Waals surface area (Å²) in [5.74, 6) is -0.917. The maximum absolute atomic E-state index is 10.8. The average molecular weight is 257 g/mol. The van der Waals surface area contributed by atoms with Crippen molar-refractivity contribution in [3.63, 3.8) is 0 Å². The third-order valence-electron chi connectivity index (χ3n) is 2.85. The van der Waals surface area contributed by atoms with Crippen molar-refractivity contribution in [1.29, 1.82) is 0 Å². The molecule has 1 aromatic carbocycles. The van der Waals surface area contributed by atoms with Crippen LogP contribution in [0.15, 0.2) is 18.2 Å². The van der Waals surface area contributed by atoms with E-state index in [9.17, 15) is 9.90 Å². The first-order chi connectivity index (χ1) is 8.08. The van der Waals surface area contributed by atoms with Gasteiger partial charge in [0.05, 0.1) is 6.10 Å². The van der Waals surface area contributed by atoms with Gasteiger partial charge in [0, 0.05) is 10.6 Å². The van der Waals surface area contributed by atoms with Gasteiger partial charge in [-0.15, -0.1) is 0 Å². The summed E-state index contributed by atoms with van der Waals surface area (Å²) in [4.78, 5) is 10.8. The summed E-state index contributed by atoms with van der Waals surface area (Å²) in [5, 5.41) is 18.8. The topological polar surface area (TPSA) is 66.8 Å². The van der Waals surface area contributed by atoms with Crippen molar-refractivity contribution in [3.05, 3.63) is 28.8 Å². The fraction of sp³-hybridized carbons (Fsp3) is 0.417. The maximum Gasteiger partial charge on any atom is 0.337 e. The molecule has 0 aliphatic heterocycles. The fourth-order valence-corrected chi connectivity index (χ4v) is 1.82. The first-order valence-electron chi connectivity index (χ1n) is 5.45. The largest absolute Gasteiger partial charge is 0.490 e. The highest BCUT2D eigenvalue weighted by molar-refractivity contribution is 6.30. The SMILES string of the molecule is O=C(O)C(O)c1cc(Cl)ccc1OC1CCC1. The molecule has 0 bridgehead atoms. The van der Waals surface area contributed by atoms with Gasteiger partial charge in [0.2, 0.25) is 0 Å². The molecule has 1 aromatic rings. The van der Waals surface area contributed by atoms with Crippen LogP contribution in [0, 0.1) is 0 Å². The number of aliphatic hydroxyl groups is 1.